The lowest BCUT2D eigenvalue weighted by molar-refractivity contribution is -0.129. The van der Waals surface area contributed by atoms with Gasteiger partial charge in [-0.3, -0.25) is 4.79 Å². The number of ether oxygens (including phenoxy) is 1. The predicted octanol–water partition coefficient (Wildman–Crippen LogP) is 4.19. The van der Waals surface area contributed by atoms with Crippen LogP contribution in [0.4, 0.5) is 0 Å². The maximum Gasteiger partial charge on any atom is 0.227 e. The lowest BCUT2D eigenvalue weighted by Crippen LogP contribution is -2.29. The summed E-state index contributed by atoms with van der Waals surface area (Å²) in [5.41, 5.74) is 2.06. The molecule has 1 fully saturated rings. The molecule has 1 aliphatic heterocycles. The molecule has 1 saturated heterocycles. The fourth-order valence-corrected chi connectivity index (χ4v) is 3.21. The quantitative estimate of drug-likeness (QED) is 0.785. The van der Waals surface area contributed by atoms with Gasteiger partial charge in [0, 0.05) is 23.1 Å². The smallest absolute Gasteiger partial charge is 0.227 e. The normalized spacial score (nSPS) is 14.0. The highest BCUT2D eigenvalue weighted by atomic mass is 79.9. The van der Waals surface area contributed by atoms with E-state index in [0.717, 1.165) is 47.3 Å². The molecule has 0 unspecified atom stereocenters. The zero-order chi connectivity index (χ0) is 16.1. The van der Waals surface area contributed by atoms with Crippen molar-refractivity contribution in [3.63, 3.8) is 0 Å². The van der Waals surface area contributed by atoms with Crippen molar-refractivity contribution in [3.8, 4) is 5.75 Å². The van der Waals surface area contributed by atoms with Gasteiger partial charge in [0.15, 0.2) is 0 Å². The molecule has 1 aliphatic rings. The molecule has 0 spiro atoms. The molecule has 0 N–H and O–H groups in total. The van der Waals surface area contributed by atoms with E-state index in [9.17, 15) is 4.79 Å². The number of hydrogen-bond donors (Lipinski definition) is 0. The van der Waals surface area contributed by atoms with Gasteiger partial charge in [-0.25, -0.2) is 0 Å². The van der Waals surface area contributed by atoms with E-state index in [4.69, 9.17) is 4.74 Å². The first-order chi connectivity index (χ1) is 11.2. The van der Waals surface area contributed by atoms with Crippen molar-refractivity contribution in [3.05, 3.63) is 64.1 Å². The van der Waals surface area contributed by atoms with Crippen LogP contribution in [-0.4, -0.2) is 23.9 Å². The molecule has 4 heteroatoms. The Kier molecular flexibility index (Phi) is 5.34. The van der Waals surface area contributed by atoms with E-state index >= 15 is 0 Å². The van der Waals surface area contributed by atoms with Gasteiger partial charge in [-0.05, 0) is 36.6 Å². The van der Waals surface area contributed by atoms with Crippen molar-refractivity contribution in [1.82, 2.24) is 4.90 Å². The molecule has 0 radical (unpaired) electrons. The van der Waals surface area contributed by atoms with E-state index in [1.54, 1.807) is 0 Å². The number of halogens is 1. The number of hydrogen-bond acceptors (Lipinski definition) is 2. The molecular weight excluding hydrogens is 354 g/mol. The fourth-order valence-electron chi connectivity index (χ4n) is 2.80. The third-order valence-corrected chi connectivity index (χ3v) is 4.55. The van der Waals surface area contributed by atoms with E-state index in [2.05, 4.69) is 15.9 Å². The third-order valence-electron chi connectivity index (χ3n) is 4.06. The summed E-state index contributed by atoms with van der Waals surface area (Å²) in [6, 6.07) is 15.9. The Morgan fingerprint density at radius 2 is 1.83 bits per heavy atom. The Labute approximate surface area is 145 Å². The second-order valence-electron chi connectivity index (χ2n) is 5.79. The lowest BCUT2D eigenvalue weighted by Gasteiger charge is -2.17. The summed E-state index contributed by atoms with van der Waals surface area (Å²) in [5, 5.41) is 0. The first-order valence-corrected chi connectivity index (χ1v) is 8.74. The summed E-state index contributed by atoms with van der Waals surface area (Å²) in [5.74, 6) is 0.967. The minimum Gasteiger partial charge on any atom is -0.489 e. The van der Waals surface area contributed by atoms with Crippen LogP contribution in [0.5, 0.6) is 5.75 Å². The van der Waals surface area contributed by atoms with Gasteiger partial charge in [0.25, 0.3) is 0 Å². The van der Waals surface area contributed by atoms with Gasteiger partial charge in [-0.2, -0.15) is 0 Å². The molecule has 0 bridgehead atoms. The van der Waals surface area contributed by atoms with Gasteiger partial charge in [-0.15, -0.1) is 0 Å². The predicted molar refractivity (Wildman–Crippen MR) is 94.4 cm³/mol. The van der Waals surface area contributed by atoms with Crippen molar-refractivity contribution in [2.24, 2.45) is 0 Å². The monoisotopic (exact) mass is 373 g/mol. The van der Waals surface area contributed by atoms with Crippen molar-refractivity contribution in [2.45, 2.75) is 25.9 Å². The van der Waals surface area contributed by atoms with E-state index in [1.165, 1.54) is 0 Å². The van der Waals surface area contributed by atoms with Crippen LogP contribution >= 0.6 is 15.9 Å². The maximum absolute atomic E-state index is 12.4. The summed E-state index contributed by atoms with van der Waals surface area (Å²) in [6.07, 6.45) is 2.62. The van der Waals surface area contributed by atoms with Gasteiger partial charge in [0.05, 0.1) is 6.42 Å². The first-order valence-electron chi connectivity index (χ1n) is 7.95. The Morgan fingerprint density at radius 3 is 2.57 bits per heavy atom. The molecule has 120 valence electrons. The Morgan fingerprint density at radius 1 is 1.09 bits per heavy atom. The topological polar surface area (TPSA) is 29.5 Å². The molecular formula is C19H20BrNO2. The van der Waals surface area contributed by atoms with Crippen LogP contribution in [-0.2, 0) is 17.8 Å². The number of amides is 1. The number of likely N-dealkylation sites (tertiary alicyclic amines) is 1. The van der Waals surface area contributed by atoms with Gasteiger partial charge in [-0.1, -0.05) is 46.3 Å². The molecule has 0 saturated carbocycles. The number of benzene rings is 2. The van der Waals surface area contributed by atoms with E-state index in [1.807, 2.05) is 53.4 Å². The highest BCUT2D eigenvalue weighted by molar-refractivity contribution is 9.10. The summed E-state index contributed by atoms with van der Waals surface area (Å²) in [4.78, 5) is 14.4. The fraction of sp³-hybridized carbons (Fsp3) is 0.316. The second-order valence-corrected chi connectivity index (χ2v) is 6.71. The SMILES string of the molecule is O=C(Cc1cc(Br)ccc1OCc1ccccc1)N1CCCC1. The molecule has 23 heavy (non-hydrogen) atoms. The van der Waals surface area contributed by atoms with Crippen molar-refractivity contribution >= 4 is 21.8 Å². The molecule has 1 heterocycles. The number of carbonyl (C=O) groups is 1. The van der Waals surface area contributed by atoms with Crippen LogP contribution in [0.15, 0.2) is 53.0 Å². The minimum atomic E-state index is 0.185. The van der Waals surface area contributed by atoms with Gasteiger partial charge in [0.1, 0.15) is 12.4 Å². The van der Waals surface area contributed by atoms with Crippen molar-refractivity contribution in [2.75, 3.05) is 13.1 Å². The lowest BCUT2D eigenvalue weighted by atomic mass is 10.1. The Bertz CT molecular complexity index is 666. The summed E-state index contributed by atoms with van der Waals surface area (Å²) >= 11 is 3.49. The average molecular weight is 374 g/mol. The maximum atomic E-state index is 12.4. The largest absolute Gasteiger partial charge is 0.489 e. The minimum absolute atomic E-state index is 0.185. The van der Waals surface area contributed by atoms with Gasteiger partial charge < -0.3 is 9.64 Å². The summed E-state index contributed by atoms with van der Waals surface area (Å²) in [6.45, 7) is 2.27. The van der Waals surface area contributed by atoms with Crippen molar-refractivity contribution < 1.29 is 9.53 Å². The molecule has 1 amide bonds. The Balaban J connectivity index is 1.71. The van der Waals surface area contributed by atoms with Crippen LogP contribution in [0.1, 0.15) is 24.0 Å². The molecule has 3 rings (SSSR count). The molecule has 2 aromatic rings. The molecule has 0 aromatic heterocycles. The van der Waals surface area contributed by atoms with Crippen LogP contribution in [0.2, 0.25) is 0 Å². The highest BCUT2D eigenvalue weighted by Gasteiger charge is 2.19. The van der Waals surface area contributed by atoms with E-state index in [-0.39, 0.29) is 5.91 Å². The average Bonchev–Trinajstić information content (AvgIpc) is 3.10. The summed E-state index contributed by atoms with van der Waals surface area (Å²) < 4.78 is 6.92. The van der Waals surface area contributed by atoms with E-state index < -0.39 is 0 Å². The first kappa shape index (κ1) is 16.1. The summed E-state index contributed by atoms with van der Waals surface area (Å²) in [7, 11) is 0. The number of rotatable bonds is 5. The van der Waals surface area contributed by atoms with Crippen LogP contribution in [0.25, 0.3) is 0 Å². The third kappa shape index (κ3) is 4.35. The van der Waals surface area contributed by atoms with Crippen LogP contribution in [0.3, 0.4) is 0 Å². The Hall–Kier alpha value is -1.81. The second kappa shape index (κ2) is 7.64. The van der Waals surface area contributed by atoms with Crippen LogP contribution in [0, 0.1) is 0 Å². The zero-order valence-electron chi connectivity index (χ0n) is 13.0. The van der Waals surface area contributed by atoms with Gasteiger partial charge >= 0.3 is 0 Å². The number of carbonyl (C=O) groups excluding carboxylic acids is 1. The molecule has 3 nitrogen and oxygen atoms in total. The number of nitrogens with zero attached hydrogens (tertiary/aromatic N) is 1. The standard InChI is InChI=1S/C19H20BrNO2/c20-17-8-9-18(23-14-15-6-2-1-3-7-15)16(12-17)13-19(22)21-10-4-5-11-21/h1-3,6-9,12H,4-5,10-11,13-14H2. The zero-order valence-corrected chi connectivity index (χ0v) is 14.6. The van der Waals surface area contributed by atoms with Gasteiger partial charge in [0.2, 0.25) is 5.91 Å². The van der Waals surface area contributed by atoms with Crippen LogP contribution < -0.4 is 4.74 Å². The van der Waals surface area contributed by atoms with E-state index in [0.29, 0.717) is 13.0 Å². The molecule has 0 aliphatic carbocycles. The van der Waals surface area contributed by atoms with Crippen molar-refractivity contribution in [1.29, 1.82) is 0 Å². The molecule has 2 aromatic carbocycles. The highest BCUT2D eigenvalue weighted by Crippen LogP contribution is 2.25. The molecule has 0 atom stereocenters.